The van der Waals surface area contributed by atoms with Gasteiger partial charge in [-0.05, 0) is 56.9 Å². The lowest BCUT2D eigenvalue weighted by atomic mass is 10.00. The average molecular weight is 350 g/mol. The van der Waals surface area contributed by atoms with Gasteiger partial charge in [-0.1, -0.05) is 29.8 Å². The quantitative estimate of drug-likeness (QED) is 0.614. The Morgan fingerprint density at radius 3 is 2.50 bits per heavy atom. The standard InChI is InChI=1S/C22H22O4/c1-12(2)5-8-16-17(23)11-18-20(21(16)24)22(25)19(26-18)10-15-7-6-13(3)14(4)9-15/h5-7,9-11,23-24H,8H2,1-4H3/b19-10+. The maximum atomic E-state index is 12.7. The highest BCUT2D eigenvalue weighted by Gasteiger charge is 2.33. The van der Waals surface area contributed by atoms with E-state index in [1.165, 1.54) is 11.6 Å². The van der Waals surface area contributed by atoms with Gasteiger partial charge in [0.15, 0.2) is 5.76 Å². The topological polar surface area (TPSA) is 66.8 Å². The van der Waals surface area contributed by atoms with Crippen LogP contribution < -0.4 is 4.74 Å². The number of hydrogen-bond acceptors (Lipinski definition) is 4. The van der Waals surface area contributed by atoms with Gasteiger partial charge in [0.25, 0.3) is 0 Å². The highest BCUT2D eigenvalue weighted by Crippen LogP contribution is 2.44. The van der Waals surface area contributed by atoms with Crippen molar-refractivity contribution in [2.75, 3.05) is 0 Å². The van der Waals surface area contributed by atoms with Crippen molar-refractivity contribution in [3.8, 4) is 17.2 Å². The van der Waals surface area contributed by atoms with Crippen molar-refractivity contribution in [3.05, 3.63) is 69.5 Å². The Morgan fingerprint density at radius 1 is 1.12 bits per heavy atom. The average Bonchev–Trinajstić information content (AvgIpc) is 2.86. The third-order valence-electron chi connectivity index (χ3n) is 4.56. The van der Waals surface area contributed by atoms with Crippen molar-refractivity contribution >= 4 is 11.9 Å². The molecule has 4 heteroatoms. The summed E-state index contributed by atoms with van der Waals surface area (Å²) in [7, 11) is 0. The van der Waals surface area contributed by atoms with Gasteiger partial charge in [-0.15, -0.1) is 0 Å². The van der Waals surface area contributed by atoms with E-state index in [9.17, 15) is 15.0 Å². The Labute approximate surface area is 153 Å². The summed E-state index contributed by atoms with van der Waals surface area (Å²) in [6.07, 6.45) is 3.88. The molecule has 2 aromatic carbocycles. The van der Waals surface area contributed by atoms with E-state index in [0.29, 0.717) is 12.0 Å². The van der Waals surface area contributed by atoms with E-state index in [1.807, 2.05) is 52.0 Å². The van der Waals surface area contributed by atoms with Gasteiger partial charge in [0.2, 0.25) is 5.78 Å². The molecule has 0 saturated carbocycles. The number of ether oxygens (including phenoxy) is 1. The molecule has 0 aromatic heterocycles. The number of rotatable bonds is 3. The molecule has 2 N–H and O–H groups in total. The van der Waals surface area contributed by atoms with Crippen LogP contribution in [0, 0.1) is 13.8 Å². The first-order valence-electron chi connectivity index (χ1n) is 8.50. The third kappa shape index (κ3) is 3.23. The summed E-state index contributed by atoms with van der Waals surface area (Å²) in [6.45, 7) is 7.89. The lowest BCUT2D eigenvalue weighted by Crippen LogP contribution is -1.99. The molecule has 3 rings (SSSR count). The van der Waals surface area contributed by atoms with Gasteiger partial charge in [0.05, 0.1) is 0 Å². The molecule has 0 atom stereocenters. The molecule has 1 heterocycles. The molecule has 1 aliphatic heterocycles. The van der Waals surface area contributed by atoms with Gasteiger partial charge >= 0.3 is 0 Å². The van der Waals surface area contributed by atoms with Gasteiger partial charge in [0, 0.05) is 11.6 Å². The second kappa shape index (κ2) is 6.71. The number of fused-ring (bicyclic) bond motifs is 1. The number of ketones is 1. The highest BCUT2D eigenvalue weighted by atomic mass is 16.5. The number of hydrogen-bond donors (Lipinski definition) is 2. The number of aryl methyl sites for hydroxylation is 2. The van der Waals surface area contributed by atoms with Crippen LogP contribution in [0.1, 0.15) is 46.5 Å². The van der Waals surface area contributed by atoms with E-state index >= 15 is 0 Å². The van der Waals surface area contributed by atoms with E-state index in [4.69, 9.17) is 4.74 Å². The monoisotopic (exact) mass is 350 g/mol. The summed E-state index contributed by atoms with van der Waals surface area (Å²) in [4.78, 5) is 12.7. The first-order valence-corrected chi connectivity index (χ1v) is 8.50. The van der Waals surface area contributed by atoms with E-state index < -0.39 is 0 Å². The molecule has 4 nitrogen and oxygen atoms in total. The summed E-state index contributed by atoms with van der Waals surface area (Å²) in [5.41, 5.74) is 4.62. The predicted molar refractivity (Wildman–Crippen MR) is 102 cm³/mol. The Kier molecular flexibility index (Phi) is 4.60. The third-order valence-corrected chi connectivity index (χ3v) is 4.56. The molecule has 26 heavy (non-hydrogen) atoms. The molecule has 0 unspecified atom stereocenters. The minimum absolute atomic E-state index is 0.0843. The number of phenolic OH excluding ortho intramolecular Hbond substituents is 2. The van der Waals surface area contributed by atoms with Crippen LogP contribution in [0.4, 0.5) is 0 Å². The molecular weight excluding hydrogens is 328 g/mol. The summed E-state index contributed by atoms with van der Waals surface area (Å²) < 4.78 is 5.61. The second-order valence-electron chi connectivity index (χ2n) is 6.87. The van der Waals surface area contributed by atoms with Gasteiger partial charge in [-0.25, -0.2) is 0 Å². The van der Waals surface area contributed by atoms with Crippen molar-refractivity contribution < 1.29 is 19.7 Å². The Bertz CT molecular complexity index is 961. The van der Waals surface area contributed by atoms with Crippen molar-refractivity contribution in [1.29, 1.82) is 0 Å². The van der Waals surface area contributed by atoms with Crippen LogP contribution in [-0.2, 0) is 6.42 Å². The van der Waals surface area contributed by atoms with Crippen LogP contribution >= 0.6 is 0 Å². The fourth-order valence-corrected chi connectivity index (χ4v) is 2.87. The van der Waals surface area contributed by atoms with Gasteiger partial charge in [-0.3, -0.25) is 4.79 Å². The summed E-state index contributed by atoms with van der Waals surface area (Å²) in [5.74, 6) is -0.363. The zero-order valence-electron chi connectivity index (χ0n) is 15.4. The Balaban J connectivity index is 2.01. The van der Waals surface area contributed by atoms with Gasteiger partial charge in [0.1, 0.15) is 22.8 Å². The molecule has 0 saturated heterocycles. The summed E-state index contributed by atoms with van der Waals surface area (Å²) in [6, 6.07) is 7.25. The van der Waals surface area contributed by atoms with Crippen LogP contribution in [0.3, 0.4) is 0 Å². The molecule has 0 aliphatic carbocycles. The fourth-order valence-electron chi connectivity index (χ4n) is 2.87. The molecule has 0 amide bonds. The van der Waals surface area contributed by atoms with Gasteiger partial charge < -0.3 is 14.9 Å². The van der Waals surface area contributed by atoms with E-state index in [0.717, 1.165) is 16.7 Å². The summed E-state index contributed by atoms with van der Waals surface area (Å²) >= 11 is 0. The number of Topliss-reactive ketones (excluding diaryl/α,β-unsaturated/α-hetero) is 1. The molecule has 2 aromatic rings. The molecule has 0 radical (unpaired) electrons. The van der Waals surface area contributed by atoms with Crippen LogP contribution in [0.5, 0.6) is 17.2 Å². The molecule has 0 bridgehead atoms. The zero-order chi connectivity index (χ0) is 19.0. The molecule has 0 fully saturated rings. The Hall–Kier alpha value is -3.01. The fraction of sp³-hybridized carbons (Fsp3) is 0.227. The number of aromatic hydroxyl groups is 2. The molecular formula is C22H22O4. The first-order chi connectivity index (χ1) is 12.3. The van der Waals surface area contributed by atoms with Gasteiger partial charge in [-0.2, -0.15) is 0 Å². The van der Waals surface area contributed by atoms with Crippen LogP contribution in [-0.4, -0.2) is 16.0 Å². The van der Waals surface area contributed by atoms with Crippen LogP contribution in [0.25, 0.3) is 6.08 Å². The highest BCUT2D eigenvalue weighted by molar-refractivity contribution is 6.16. The number of carbonyl (C=O) groups excluding carboxylic acids is 1. The number of carbonyl (C=O) groups is 1. The second-order valence-corrected chi connectivity index (χ2v) is 6.87. The first kappa shape index (κ1) is 17.8. The number of phenols is 2. The zero-order valence-corrected chi connectivity index (χ0v) is 15.4. The van der Waals surface area contributed by atoms with Crippen molar-refractivity contribution in [2.24, 2.45) is 0 Å². The molecule has 134 valence electrons. The Morgan fingerprint density at radius 2 is 1.85 bits per heavy atom. The maximum Gasteiger partial charge on any atom is 0.235 e. The van der Waals surface area contributed by atoms with E-state index in [1.54, 1.807) is 6.08 Å². The van der Waals surface area contributed by atoms with Crippen LogP contribution in [0.2, 0.25) is 0 Å². The van der Waals surface area contributed by atoms with Crippen molar-refractivity contribution in [1.82, 2.24) is 0 Å². The SMILES string of the molecule is CC(C)=CCc1c(O)cc2c(c1O)C(=O)/C(=C\c1ccc(C)c(C)c1)O2. The summed E-state index contributed by atoms with van der Waals surface area (Å²) in [5, 5.41) is 20.7. The lowest BCUT2D eigenvalue weighted by Gasteiger charge is -2.08. The largest absolute Gasteiger partial charge is 0.507 e. The lowest BCUT2D eigenvalue weighted by molar-refractivity contribution is 0.101. The van der Waals surface area contributed by atoms with Crippen molar-refractivity contribution in [2.45, 2.75) is 34.1 Å². The predicted octanol–water partition coefficient (Wildman–Crippen LogP) is 4.84. The van der Waals surface area contributed by atoms with Crippen LogP contribution in [0.15, 0.2) is 41.7 Å². The smallest absolute Gasteiger partial charge is 0.235 e. The minimum Gasteiger partial charge on any atom is -0.507 e. The van der Waals surface area contributed by atoms with E-state index in [-0.39, 0.29) is 34.4 Å². The molecule has 1 aliphatic rings. The van der Waals surface area contributed by atoms with Crippen molar-refractivity contribution in [3.63, 3.8) is 0 Å². The molecule has 0 spiro atoms. The normalized spacial score (nSPS) is 14.3. The maximum absolute atomic E-state index is 12.7. The number of allylic oxidation sites excluding steroid dienone is 3. The number of benzene rings is 2. The van der Waals surface area contributed by atoms with E-state index in [2.05, 4.69) is 0 Å². The minimum atomic E-state index is -0.380.